The molecule has 31 heavy (non-hydrogen) atoms. The summed E-state index contributed by atoms with van der Waals surface area (Å²) in [5.41, 5.74) is 8.66. The molecule has 2 N–H and O–H groups in total. The molecule has 1 aromatic carbocycles. The van der Waals surface area contributed by atoms with E-state index in [-0.39, 0.29) is 17.2 Å². The highest BCUT2D eigenvalue weighted by atomic mass is 35.5. The number of guanidine groups is 1. The molecule has 2 atom stereocenters. The molecule has 0 bridgehead atoms. The number of nitrogens with zero attached hydrogens (tertiary/aromatic N) is 4. The predicted molar refractivity (Wildman–Crippen MR) is 121 cm³/mol. The van der Waals surface area contributed by atoms with E-state index >= 15 is 0 Å². The molecule has 0 fully saturated rings. The minimum Gasteiger partial charge on any atom is -0.464 e. The largest absolute Gasteiger partial charge is 0.464 e. The Morgan fingerprint density at radius 2 is 1.97 bits per heavy atom. The number of hydrogen-bond donors (Lipinski definition) is 1. The first-order chi connectivity index (χ1) is 14.9. The number of fused-ring (bicyclic) bond motifs is 1. The second-order valence-electron chi connectivity index (χ2n) is 7.61. The molecule has 3 aromatic heterocycles. The van der Waals surface area contributed by atoms with E-state index in [9.17, 15) is 4.79 Å². The maximum Gasteiger partial charge on any atom is 0.239 e. The Balaban J connectivity index is 1.64. The molecule has 0 saturated heterocycles. The Hall–Kier alpha value is -3.23. The lowest BCUT2D eigenvalue weighted by atomic mass is 9.77. The zero-order valence-corrected chi connectivity index (χ0v) is 18.3. The summed E-state index contributed by atoms with van der Waals surface area (Å²) >= 11 is 7.34. The summed E-state index contributed by atoms with van der Waals surface area (Å²) in [6.07, 6.45) is 4.98. The summed E-state index contributed by atoms with van der Waals surface area (Å²) < 4.78 is 5.46. The van der Waals surface area contributed by atoms with Crippen LogP contribution in [0.15, 0.2) is 63.8 Å². The average Bonchev–Trinajstić information content (AvgIpc) is 3.42. The van der Waals surface area contributed by atoms with E-state index < -0.39 is 11.5 Å². The van der Waals surface area contributed by atoms with E-state index in [0.29, 0.717) is 0 Å². The number of carbonyl (C=O) groups is 1. The summed E-state index contributed by atoms with van der Waals surface area (Å²) in [6, 6.07) is 9.67. The minimum absolute atomic E-state index is 0.109. The summed E-state index contributed by atoms with van der Waals surface area (Å²) in [4.78, 5) is 28.7. The first-order valence-electron chi connectivity index (χ1n) is 9.54. The number of thiophene rings is 1. The first kappa shape index (κ1) is 19.7. The van der Waals surface area contributed by atoms with Crippen molar-refractivity contribution in [2.45, 2.75) is 18.4 Å². The molecule has 1 aliphatic heterocycles. The van der Waals surface area contributed by atoms with Crippen LogP contribution >= 0.6 is 22.9 Å². The molecule has 0 radical (unpaired) electrons. The Bertz CT molecular complexity index is 1330. The van der Waals surface area contributed by atoms with Crippen molar-refractivity contribution in [3.05, 3.63) is 70.1 Å². The third kappa shape index (κ3) is 3.19. The molecule has 0 unspecified atom stereocenters. The van der Waals surface area contributed by atoms with Crippen molar-refractivity contribution in [3.63, 3.8) is 0 Å². The van der Waals surface area contributed by atoms with Crippen molar-refractivity contribution in [2.75, 3.05) is 7.05 Å². The number of aliphatic imine (C=N–C) groups is 1. The number of amides is 1. The third-order valence-electron chi connectivity index (χ3n) is 5.69. The van der Waals surface area contributed by atoms with Crippen LogP contribution in [-0.4, -0.2) is 33.8 Å². The van der Waals surface area contributed by atoms with Crippen molar-refractivity contribution in [3.8, 4) is 11.1 Å². The second-order valence-corrected chi connectivity index (χ2v) is 8.86. The SMILES string of the molecule is CN1C(=O)[C@@H](c2ccc3occc3c2)[C@@](C)(c2cc(-c3cnc(Cl)nc3)cs2)N=C1N. The quantitative estimate of drug-likeness (QED) is 0.466. The fraction of sp³-hybridized carbons (Fsp3) is 0.182. The summed E-state index contributed by atoms with van der Waals surface area (Å²) in [6.45, 7) is 1.95. The summed E-state index contributed by atoms with van der Waals surface area (Å²) in [5.74, 6) is -0.461. The van der Waals surface area contributed by atoms with Crippen molar-refractivity contribution in [1.82, 2.24) is 14.9 Å². The Morgan fingerprint density at radius 3 is 2.74 bits per heavy atom. The number of carbonyl (C=O) groups excluding carboxylic acids is 1. The van der Waals surface area contributed by atoms with Gasteiger partial charge in [0.25, 0.3) is 0 Å². The molecular weight excluding hydrogens is 434 g/mol. The lowest BCUT2D eigenvalue weighted by molar-refractivity contribution is -0.130. The highest BCUT2D eigenvalue weighted by Gasteiger charge is 2.48. The number of hydrogen-bond acceptors (Lipinski definition) is 7. The number of aromatic nitrogens is 2. The van der Waals surface area contributed by atoms with Crippen molar-refractivity contribution in [1.29, 1.82) is 0 Å². The minimum atomic E-state index is -0.874. The second kappa shape index (κ2) is 7.18. The zero-order chi connectivity index (χ0) is 21.8. The normalized spacial score (nSPS) is 21.5. The maximum absolute atomic E-state index is 13.4. The molecule has 0 saturated carbocycles. The van der Waals surface area contributed by atoms with Gasteiger partial charge in [-0.1, -0.05) is 6.07 Å². The van der Waals surface area contributed by atoms with E-state index in [1.165, 1.54) is 16.2 Å². The van der Waals surface area contributed by atoms with Gasteiger partial charge in [0.05, 0.1) is 12.2 Å². The molecule has 9 heteroatoms. The topological polar surface area (TPSA) is 97.6 Å². The highest BCUT2D eigenvalue weighted by Crippen LogP contribution is 2.47. The number of furan rings is 1. The molecule has 0 aliphatic carbocycles. The monoisotopic (exact) mass is 451 g/mol. The fourth-order valence-corrected chi connectivity index (χ4v) is 5.12. The Labute approximate surface area is 187 Å². The van der Waals surface area contributed by atoms with Crippen molar-refractivity contribution in [2.24, 2.45) is 10.7 Å². The molecular formula is C22H18ClN5O2S. The molecule has 1 aliphatic rings. The molecule has 1 amide bonds. The van der Waals surface area contributed by atoms with Crippen LogP contribution in [0.25, 0.3) is 22.1 Å². The number of halogens is 1. The van der Waals surface area contributed by atoms with Gasteiger partial charge in [0.2, 0.25) is 11.2 Å². The smallest absolute Gasteiger partial charge is 0.239 e. The van der Waals surface area contributed by atoms with Gasteiger partial charge in [-0.25, -0.2) is 15.0 Å². The standard InChI is InChI=1S/C22H18ClN5O2S/c1-22(17-8-14(11-31-17)15-9-25-20(23)26-10-15)18(19(29)28(2)21(24)27-22)13-3-4-16-12(7-13)5-6-30-16/h3-11,18H,1-2H3,(H2,24,27)/t18-,22-/m1/s1. The number of likely N-dealkylation sites (N-methyl/N-ethyl adjacent to an activating group) is 1. The van der Waals surface area contributed by atoms with Crippen LogP contribution in [0.2, 0.25) is 5.28 Å². The van der Waals surface area contributed by atoms with Gasteiger partial charge in [0.1, 0.15) is 11.1 Å². The van der Waals surface area contributed by atoms with E-state index in [4.69, 9.17) is 26.7 Å². The van der Waals surface area contributed by atoms with Gasteiger partial charge in [-0.15, -0.1) is 11.3 Å². The van der Waals surface area contributed by atoms with Gasteiger partial charge in [0.15, 0.2) is 5.96 Å². The van der Waals surface area contributed by atoms with Crippen molar-refractivity contribution >= 4 is 45.8 Å². The predicted octanol–water partition coefficient (Wildman–Crippen LogP) is 4.39. The highest BCUT2D eigenvalue weighted by molar-refractivity contribution is 7.10. The van der Waals surface area contributed by atoms with E-state index in [1.54, 1.807) is 25.7 Å². The third-order valence-corrected chi connectivity index (χ3v) is 7.04. The van der Waals surface area contributed by atoms with Crippen LogP contribution < -0.4 is 5.73 Å². The van der Waals surface area contributed by atoms with Gasteiger partial charge < -0.3 is 10.2 Å². The van der Waals surface area contributed by atoms with E-state index in [0.717, 1.165) is 32.5 Å². The van der Waals surface area contributed by atoms with Gasteiger partial charge in [-0.2, -0.15) is 0 Å². The average molecular weight is 452 g/mol. The maximum atomic E-state index is 13.4. The van der Waals surface area contributed by atoms with Crippen LogP contribution in [0, 0.1) is 0 Å². The Morgan fingerprint density at radius 1 is 1.19 bits per heavy atom. The summed E-state index contributed by atoms with van der Waals surface area (Å²) in [5, 5.41) is 3.13. The van der Waals surface area contributed by atoms with Gasteiger partial charge in [0, 0.05) is 35.3 Å². The van der Waals surface area contributed by atoms with Crippen LogP contribution in [-0.2, 0) is 10.3 Å². The van der Waals surface area contributed by atoms with Gasteiger partial charge in [-0.05, 0) is 59.3 Å². The molecule has 7 nitrogen and oxygen atoms in total. The van der Waals surface area contributed by atoms with Gasteiger partial charge in [-0.3, -0.25) is 9.69 Å². The number of nitrogens with two attached hydrogens (primary N) is 1. The zero-order valence-electron chi connectivity index (χ0n) is 16.7. The van der Waals surface area contributed by atoms with Gasteiger partial charge >= 0.3 is 0 Å². The lowest BCUT2D eigenvalue weighted by Gasteiger charge is -2.40. The van der Waals surface area contributed by atoms with Crippen LogP contribution in [0.5, 0.6) is 0 Å². The number of benzene rings is 1. The lowest BCUT2D eigenvalue weighted by Crippen LogP contribution is -2.52. The molecule has 0 spiro atoms. The van der Waals surface area contributed by atoms with Crippen molar-refractivity contribution < 1.29 is 9.21 Å². The molecule has 156 valence electrons. The molecule has 4 aromatic rings. The number of rotatable bonds is 3. The molecule has 4 heterocycles. The fourth-order valence-electron chi connectivity index (χ4n) is 3.97. The van der Waals surface area contributed by atoms with E-state index in [2.05, 4.69) is 9.97 Å². The van der Waals surface area contributed by atoms with Crippen LogP contribution in [0.1, 0.15) is 23.3 Å². The first-order valence-corrected chi connectivity index (χ1v) is 10.8. The molecule has 5 rings (SSSR count). The van der Waals surface area contributed by atoms with Crippen LogP contribution in [0.4, 0.5) is 0 Å². The van der Waals surface area contributed by atoms with E-state index in [1.807, 2.05) is 42.6 Å². The Kier molecular flexibility index (Phi) is 4.56. The van der Waals surface area contributed by atoms with Crippen LogP contribution in [0.3, 0.4) is 0 Å². The summed E-state index contributed by atoms with van der Waals surface area (Å²) in [7, 11) is 1.65.